The van der Waals surface area contributed by atoms with Gasteiger partial charge in [0, 0.05) is 18.4 Å². The minimum Gasteiger partial charge on any atom is -0.323 e. The first-order chi connectivity index (χ1) is 8.53. The standard InChI is InChI=1S/C11H18N4O2S/c1-8(6-9-2-3-9)15-18(16,17)11-7-13-5-4-10(11)14-12/h4-5,7-9,15H,2-3,6,12H2,1H3,(H,13,14). The molecule has 1 fully saturated rings. The lowest BCUT2D eigenvalue weighted by atomic mass is 10.2. The first kappa shape index (κ1) is 13.3. The SMILES string of the molecule is CC(CC1CC1)NS(=O)(=O)c1cnccc1NN. The largest absolute Gasteiger partial charge is 0.323 e. The van der Waals surface area contributed by atoms with Crippen LogP contribution >= 0.6 is 0 Å². The highest BCUT2D eigenvalue weighted by Crippen LogP contribution is 2.33. The second-order valence-electron chi connectivity index (χ2n) is 4.72. The molecule has 1 aliphatic carbocycles. The zero-order valence-electron chi connectivity index (χ0n) is 10.3. The third-order valence-corrected chi connectivity index (χ3v) is 4.59. The van der Waals surface area contributed by atoms with Crippen LogP contribution in [0.15, 0.2) is 23.4 Å². The summed E-state index contributed by atoms with van der Waals surface area (Å²) >= 11 is 0. The van der Waals surface area contributed by atoms with E-state index >= 15 is 0 Å². The van der Waals surface area contributed by atoms with Gasteiger partial charge in [0.05, 0.1) is 5.69 Å². The lowest BCUT2D eigenvalue weighted by Gasteiger charge is -2.15. The highest BCUT2D eigenvalue weighted by Gasteiger charge is 2.27. The number of hydrazine groups is 1. The van der Waals surface area contributed by atoms with Gasteiger partial charge >= 0.3 is 0 Å². The minimum absolute atomic E-state index is 0.0756. The van der Waals surface area contributed by atoms with Crippen LogP contribution in [0, 0.1) is 5.92 Å². The molecule has 18 heavy (non-hydrogen) atoms. The molecule has 0 spiro atoms. The zero-order valence-corrected chi connectivity index (χ0v) is 11.1. The molecule has 0 amide bonds. The van der Waals surface area contributed by atoms with Gasteiger partial charge in [-0.25, -0.2) is 13.1 Å². The van der Waals surface area contributed by atoms with E-state index in [1.54, 1.807) is 0 Å². The van der Waals surface area contributed by atoms with E-state index in [-0.39, 0.29) is 10.9 Å². The summed E-state index contributed by atoms with van der Waals surface area (Å²) in [6.07, 6.45) is 6.07. The van der Waals surface area contributed by atoms with Gasteiger partial charge in [0.2, 0.25) is 10.0 Å². The lowest BCUT2D eigenvalue weighted by Crippen LogP contribution is -2.33. The van der Waals surface area contributed by atoms with E-state index in [0.29, 0.717) is 11.6 Å². The maximum atomic E-state index is 12.2. The smallest absolute Gasteiger partial charge is 0.244 e. The van der Waals surface area contributed by atoms with Crippen LogP contribution in [0.1, 0.15) is 26.2 Å². The summed E-state index contributed by atoms with van der Waals surface area (Å²) in [5.74, 6) is 5.97. The van der Waals surface area contributed by atoms with Crippen LogP contribution in [-0.2, 0) is 10.0 Å². The summed E-state index contributed by atoms with van der Waals surface area (Å²) in [4.78, 5) is 3.90. The molecule has 1 aliphatic rings. The van der Waals surface area contributed by atoms with E-state index in [4.69, 9.17) is 5.84 Å². The molecule has 1 saturated carbocycles. The average molecular weight is 270 g/mol. The monoisotopic (exact) mass is 270 g/mol. The highest BCUT2D eigenvalue weighted by atomic mass is 32.2. The van der Waals surface area contributed by atoms with Crippen LogP contribution < -0.4 is 16.0 Å². The van der Waals surface area contributed by atoms with Gasteiger partial charge in [0.1, 0.15) is 4.90 Å². The summed E-state index contributed by atoms with van der Waals surface area (Å²) in [6, 6.07) is 1.45. The van der Waals surface area contributed by atoms with Crippen LogP contribution in [0.25, 0.3) is 0 Å². The molecule has 6 nitrogen and oxygen atoms in total. The van der Waals surface area contributed by atoms with Crippen molar-refractivity contribution in [2.24, 2.45) is 11.8 Å². The van der Waals surface area contributed by atoms with E-state index in [2.05, 4.69) is 15.1 Å². The van der Waals surface area contributed by atoms with Crippen molar-refractivity contribution < 1.29 is 8.42 Å². The van der Waals surface area contributed by atoms with Crippen molar-refractivity contribution in [3.05, 3.63) is 18.5 Å². The predicted molar refractivity (Wildman–Crippen MR) is 69.2 cm³/mol. The van der Waals surface area contributed by atoms with Crippen LogP contribution in [0.2, 0.25) is 0 Å². The summed E-state index contributed by atoms with van der Waals surface area (Å²) in [7, 11) is -3.58. The van der Waals surface area contributed by atoms with Crippen LogP contribution in [0.3, 0.4) is 0 Å². The minimum atomic E-state index is -3.58. The Morgan fingerprint density at radius 1 is 1.56 bits per heavy atom. The second-order valence-corrected chi connectivity index (χ2v) is 6.40. The molecule has 1 unspecified atom stereocenters. The van der Waals surface area contributed by atoms with Gasteiger partial charge in [-0.2, -0.15) is 0 Å². The predicted octanol–water partition coefficient (Wildman–Crippen LogP) is 0.834. The number of hydrogen-bond acceptors (Lipinski definition) is 5. The average Bonchev–Trinajstić information content (AvgIpc) is 3.12. The number of pyridine rings is 1. The van der Waals surface area contributed by atoms with Crippen molar-refractivity contribution >= 4 is 15.7 Å². The summed E-state index contributed by atoms with van der Waals surface area (Å²) in [5, 5.41) is 0. The Labute approximate surface area is 107 Å². The summed E-state index contributed by atoms with van der Waals surface area (Å²) < 4.78 is 27.0. The van der Waals surface area contributed by atoms with Gasteiger partial charge in [-0.1, -0.05) is 12.8 Å². The van der Waals surface area contributed by atoms with Gasteiger partial charge in [-0.05, 0) is 25.3 Å². The van der Waals surface area contributed by atoms with E-state index < -0.39 is 10.0 Å². The molecule has 4 N–H and O–H groups in total. The molecule has 0 aliphatic heterocycles. The van der Waals surface area contributed by atoms with Gasteiger partial charge in [-0.3, -0.25) is 10.8 Å². The molecule has 1 aromatic rings. The number of nitrogens with one attached hydrogen (secondary N) is 2. The molecule has 7 heteroatoms. The van der Waals surface area contributed by atoms with E-state index in [9.17, 15) is 8.42 Å². The number of sulfonamides is 1. The molecule has 1 atom stereocenters. The fourth-order valence-corrected chi connectivity index (χ4v) is 3.31. The third-order valence-electron chi connectivity index (χ3n) is 2.97. The fourth-order valence-electron chi connectivity index (χ4n) is 1.94. The van der Waals surface area contributed by atoms with Crippen LogP contribution in [0.5, 0.6) is 0 Å². The van der Waals surface area contributed by atoms with Crippen molar-refractivity contribution in [3.63, 3.8) is 0 Å². The molecule has 0 saturated heterocycles. The van der Waals surface area contributed by atoms with Crippen LogP contribution in [-0.4, -0.2) is 19.4 Å². The number of hydrogen-bond donors (Lipinski definition) is 3. The normalized spacial score (nSPS) is 17.4. The van der Waals surface area contributed by atoms with E-state index in [1.165, 1.54) is 31.3 Å². The van der Waals surface area contributed by atoms with E-state index in [0.717, 1.165) is 6.42 Å². The number of anilines is 1. The molecule has 0 bridgehead atoms. The van der Waals surface area contributed by atoms with Gasteiger partial charge < -0.3 is 5.43 Å². The number of nitrogens with zero attached hydrogens (tertiary/aromatic N) is 1. The number of aromatic nitrogens is 1. The van der Waals surface area contributed by atoms with Crippen molar-refractivity contribution in [2.75, 3.05) is 5.43 Å². The van der Waals surface area contributed by atoms with Crippen molar-refractivity contribution in [3.8, 4) is 0 Å². The van der Waals surface area contributed by atoms with Gasteiger partial charge in [0.25, 0.3) is 0 Å². The Hall–Kier alpha value is -1.18. The molecular formula is C11H18N4O2S. The van der Waals surface area contributed by atoms with E-state index in [1.807, 2.05) is 6.92 Å². The summed E-state index contributed by atoms with van der Waals surface area (Å²) in [5.41, 5.74) is 2.71. The molecular weight excluding hydrogens is 252 g/mol. The van der Waals surface area contributed by atoms with Crippen molar-refractivity contribution in [2.45, 2.75) is 37.1 Å². The Bertz CT molecular complexity index is 514. The lowest BCUT2D eigenvalue weighted by molar-refractivity contribution is 0.530. The van der Waals surface area contributed by atoms with Gasteiger partial charge in [-0.15, -0.1) is 0 Å². The molecule has 1 heterocycles. The molecule has 0 radical (unpaired) electrons. The van der Waals surface area contributed by atoms with Crippen molar-refractivity contribution in [1.29, 1.82) is 0 Å². The molecule has 0 aromatic carbocycles. The molecule has 2 rings (SSSR count). The van der Waals surface area contributed by atoms with Gasteiger partial charge in [0.15, 0.2) is 0 Å². The Balaban J connectivity index is 2.13. The number of nitrogen functional groups attached to an aromatic ring is 1. The first-order valence-electron chi connectivity index (χ1n) is 5.96. The summed E-state index contributed by atoms with van der Waals surface area (Å²) in [6.45, 7) is 1.88. The Morgan fingerprint density at radius 3 is 2.89 bits per heavy atom. The highest BCUT2D eigenvalue weighted by molar-refractivity contribution is 7.89. The number of nitrogens with two attached hydrogens (primary N) is 1. The maximum absolute atomic E-state index is 12.2. The quantitative estimate of drug-likeness (QED) is 0.525. The molecule has 100 valence electrons. The molecule has 1 aromatic heterocycles. The third kappa shape index (κ3) is 3.18. The zero-order chi connectivity index (χ0) is 13.2. The van der Waals surface area contributed by atoms with Crippen LogP contribution in [0.4, 0.5) is 5.69 Å². The Morgan fingerprint density at radius 2 is 2.28 bits per heavy atom. The fraction of sp³-hybridized carbons (Fsp3) is 0.545. The topological polar surface area (TPSA) is 97.1 Å². The second kappa shape index (κ2) is 5.21. The van der Waals surface area contributed by atoms with Crippen molar-refractivity contribution in [1.82, 2.24) is 9.71 Å². The first-order valence-corrected chi connectivity index (χ1v) is 7.44. The Kier molecular flexibility index (Phi) is 3.84. The number of rotatable bonds is 6. The maximum Gasteiger partial charge on any atom is 0.244 e.